The van der Waals surface area contributed by atoms with Crippen LogP contribution < -0.4 is 15.2 Å². The zero-order valence-electron chi connectivity index (χ0n) is 10.6. The van der Waals surface area contributed by atoms with Crippen LogP contribution in [0.2, 0.25) is 5.22 Å². The first-order valence-electron chi connectivity index (χ1n) is 6.12. The van der Waals surface area contributed by atoms with E-state index in [0.717, 1.165) is 5.56 Å². The Morgan fingerprint density at radius 1 is 1.14 bits per heavy atom. The lowest BCUT2D eigenvalue weighted by Crippen LogP contribution is -1.93. The molecule has 0 bridgehead atoms. The van der Waals surface area contributed by atoms with Gasteiger partial charge in [-0.15, -0.1) is 0 Å². The summed E-state index contributed by atoms with van der Waals surface area (Å²) in [4.78, 5) is 0. The van der Waals surface area contributed by atoms with Crippen molar-refractivity contribution in [3.05, 3.63) is 35.7 Å². The number of hydrogen-bond donors (Lipinski definition) is 1. The first kappa shape index (κ1) is 12.2. The molecule has 21 heavy (non-hydrogen) atoms. The van der Waals surface area contributed by atoms with Crippen LogP contribution in [-0.2, 0) is 0 Å². The van der Waals surface area contributed by atoms with Crippen molar-refractivity contribution in [2.75, 3.05) is 12.5 Å². The lowest BCUT2D eigenvalue weighted by Gasteiger charge is -2.03. The second-order valence-electron chi connectivity index (χ2n) is 4.45. The number of rotatable bonds is 2. The summed E-state index contributed by atoms with van der Waals surface area (Å²) in [5, 5.41) is 4.03. The average molecular weight is 305 g/mol. The molecule has 1 aliphatic rings. The van der Waals surface area contributed by atoms with Gasteiger partial charge in [0.15, 0.2) is 23.1 Å². The monoisotopic (exact) mass is 304 g/mol. The molecule has 6 nitrogen and oxygen atoms in total. The van der Waals surface area contributed by atoms with Crippen molar-refractivity contribution in [1.29, 1.82) is 0 Å². The van der Waals surface area contributed by atoms with Gasteiger partial charge in [-0.1, -0.05) is 11.2 Å². The second kappa shape index (κ2) is 4.46. The summed E-state index contributed by atoms with van der Waals surface area (Å²) < 4.78 is 21.1. The average Bonchev–Trinajstić information content (AvgIpc) is 3.17. The normalized spacial score (nSPS) is 12.8. The van der Waals surface area contributed by atoms with E-state index in [-0.39, 0.29) is 17.8 Å². The van der Waals surface area contributed by atoms with Crippen molar-refractivity contribution in [3.8, 4) is 33.9 Å². The smallest absolute Gasteiger partial charge is 0.231 e. The number of nitrogen functional groups attached to an aromatic ring is 1. The molecule has 0 unspecified atom stereocenters. The first-order valence-corrected chi connectivity index (χ1v) is 6.50. The van der Waals surface area contributed by atoms with Crippen LogP contribution in [0.25, 0.3) is 22.5 Å². The van der Waals surface area contributed by atoms with E-state index in [4.69, 9.17) is 35.7 Å². The van der Waals surface area contributed by atoms with E-state index in [1.165, 1.54) is 6.26 Å². The number of hydrogen-bond acceptors (Lipinski definition) is 6. The van der Waals surface area contributed by atoms with E-state index in [2.05, 4.69) is 5.16 Å². The molecule has 106 valence electrons. The Morgan fingerprint density at radius 3 is 2.81 bits per heavy atom. The molecule has 0 saturated carbocycles. The Labute approximate surface area is 124 Å². The summed E-state index contributed by atoms with van der Waals surface area (Å²) in [6, 6.07) is 7.18. The molecule has 3 aromatic rings. The van der Waals surface area contributed by atoms with Gasteiger partial charge in [-0.2, -0.15) is 0 Å². The van der Waals surface area contributed by atoms with E-state index < -0.39 is 0 Å². The molecule has 1 aliphatic heterocycles. The fraction of sp³-hybridized carbons (Fsp3) is 0.0714. The molecule has 0 saturated heterocycles. The van der Waals surface area contributed by atoms with Crippen LogP contribution >= 0.6 is 11.6 Å². The number of nitrogens with zero attached hydrogens (tertiary/aromatic N) is 1. The Balaban J connectivity index is 1.89. The van der Waals surface area contributed by atoms with E-state index in [1.807, 2.05) is 18.2 Å². The van der Waals surface area contributed by atoms with Crippen molar-refractivity contribution in [2.24, 2.45) is 0 Å². The van der Waals surface area contributed by atoms with Crippen molar-refractivity contribution in [3.63, 3.8) is 0 Å². The molecule has 2 N–H and O–H groups in total. The summed E-state index contributed by atoms with van der Waals surface area (Å²) in [5.74, 6) is 2.06. The SMILES string of the molecule is Nc1noc(-c2ccoc2Cl)c1-c1ccc2c(c1)OCO2. The van der Waals surface area contributed by atoms with Crippen LogP contribution in [0.1, 0.15) is 0 Å². The number of halogens is 1. The third kappa shape index (κ3) is 1.84. The van der Waals surface area contributed by atoms with Gasteiger partial charge in [-0.05, 0) is 35.4 Å². The minimum absolute atomic E-state index is 0.207. The number of anilines is 1. The Hall–Kier alpha value is -2.60. The largest absolute Gasteiger partial charge is 0.454 e. The topological polar surface area (TPSA) is 83.7 Å². The molecule has 0 radical (unpaired) electrons. The Morgan fingerprint density at radius 2 is 2.00 bits per heavy atom. The fourth-order valence-corrected chi connectivity index (χ4v) is 2.47. The second-order valence-corrected chi connectivity index (χ2v) is 4.79. The van der Waals surface area contributed by atoms with Crippen molar-refractivity contribution < 1.29 is 18.4 Å². The van der Waals surface area contributed by atoms with Gasteiger partial charge in [0, 0.05) is 0 Å². The van der Waals surface area contributed by atoms with E-state index in [9.17, 15) is 0 Å². The molecule has 0 spiro atoms. The number of furan rings is 1. The molecule has 2 aromatic heterocycles. The molecule has 0 amide bonds. The lowest BCUT2D eigenvalue weighted by atomic mass is 10.0. The van der Waals surface area contributed by atoms with Crippen LogP contribution in [0, 0.1) is 0 Å². The number of benzene rings is 1. The molecule has 0 atom stereocenters. The van der Waals surface area contributed by atoms with Crippen LogP contribution in [0.3, 0.4) is 0 Å². The maximum absolute atomic E-state index is 6.00. The van der Waals surface area contributed by atoms with Gasteiger partial charge in [0.1, 0.15) is 0 Å². The molecule has 3 heterocycles. The number of ether oxygens (including phenoxy) is 2. The zero-order valence-corrected chi connectivity index (χ0v) is 11.4. The fourth-order valence-electron chi connectivity index (χ4n) is 2.27. The van der Waals surface area contributed by atoms with Gasteiger partial charge < -0.3 is 24.1 Å². The van der Waals surface area contributed by atoms with Crippen LogP contribution in [0.4, 0.5) is 5.82 Å². The molecular formula is C14H9ClN2O4. The van der Waals surface area contributed by atoms with Gasteiger partial charge in [0.05, 0.1) is 17.4 Å². The highest BCUT2D eigenvalue weighted by molar-refractivity contribution is 6.31. The lowest BCUT2D eigenvalue weighted by molar-refractivity contribution is 0.174. The maximum atomic E-state index is 6.00. The summed E-state index contributed by atoms with van der Waals surface area (Å²) in [6.07, 6.45) is 1.47. The summed E-state index contributed by atoms with van der Waals surface area (Å²) in [6.45, 7) is 0.207. The Kier molecular flexibility index (Phi) is 2.58. The maximum Gasteiger partial charge on any atom is 0.231 e. The predicted molar refractivity (Wildman–Crippen MR) is 75.2 cm³/mol. The number of fused-ring (bicyclic) bond motifs is 1. The van der Waals surface area contributed by atoms with Crippen molar-refractivity contribution >= 4 is 17.4 Å². The van der Waals surface area contributed by atoms with E-state index in [0.29, 0.717) is 28.4 Å². The van der Waals surface area contributed by atoms with Crippen LogP contribution in [0.15, 0.2) is 39.5 Å². The van der Waals surface area contributed by atoms with Gasteiger partial charge in [0.25, 0.3) is 0 Å². The van der Waals surface area contributed by atoms with E-state index >= 15 is 0 Å². The number of aromatic nitrogens is 1. The number of nitrogens with two attached hydrogens (primary N) is 1. The van der Waals surface area contributed by atoms with E-state index in [1.54, 1.807) is 6.07 Å². The van der Waals surface area contributed by atoms with Crippen molar-refractivity contribution in [1.82, 2.24) is 5.16 Å². The van der Waals surface area contributed by atoms with Gasteiger partial charge >= 0.3 is 0 Å². The summed E-state index contributed by atoms with van der Waals surface area (Å²) in [5.41, 5.74) is 7.95. The molecule has 0 fully saturated rings. The highest BCUT2D eigenvalue weighted by Gasteiger charge is 2.23. The van der Waals surface area contributed by atoms with Crippen molar-refractivity contribution in [2.45, 2.75) is 0 Å². The molecule has 7 heteroatoms. The minimum atomic E-state index is 0.207. The highest BCUT2D eigenvalue weighted by atomic mass is 35.5. The predicted octanol–water partition coefficient (Wildman–Crippen LogP) is 3.57. The standard InChI is InChI=1S/C14H9ClN2O4/c15-13-8(3-4-18-13)12-11(14(16)17-21-12)7-1-2-9-10(5-7)20-6-19-9/h1-5H,6H2,(H2,16,17). The zero-order chi connectivity index (χ0) is 14.4. The molecular weight excluding hydrogens is 296 g/mol. The van der Waals surface area contributed by atoms with Gasteiger partial charge in [0.2, 0.25) is 12.0 Å². The van der Waals surface area contributed by atoms with Gasteiger partial charge in [-0.25, -0.2) is 0 Å². The minimum Gasteiger partial charge on any atom is -0.454 e. The molecule has 0 aliphatic carbocycles. The molecule has 1 aromatic carbocycles. The molecule has 4 rings (SSSR count). The Bertz CT molecular complexity index is 824. The van der Waals surface area contributed by atoms with Crippen LogP contribution in [0.5, 0.6) is 11.5 Å². The third-order valence-corrected chi connectivity index (χ3v) is 3.54. The third-order valence-electron chi connectivity index (χ3n) is 3.24. The summed E-state index contributed by atoms with van der Waals surface area (Å²) >= 11 is 6.00. The summed E-state index contributed by atoms with van der Waals surface area (Å²) in [7, 11) is 0. The first-order chi connectivity index (χ1) is 10.2. The van der Waals surface area contributed by atoms with Crippen LogP contribution in [-0.4, -0.2) is 11.9 Å². The quantitative estimate of drug-likeness (QED) is 0.779. The highest BCUT2D eigenvalue weighted by Crippen LogP contribution is 2.43. The van der Waals surface area contributed by atoms with Gasteiger partial charge in [-0.3, -0.25) is 0 Å².